The molecule has 0 aliphatic carbocycles. The van der Waals surface area contributed by atoms with Gasteiger partial charge in [0, 0.05) is 16.9 Å². The Morgan fingerprint density at radius 1 is 1.12 bits per heavy atom. The van der Waals surface area contributed by atoms with Gasteiger partial charge < -0.3 is 4.98 Å². The van der Waals surface area contributed by atoms with E-state index in [-0.39, 0.29) is 11.4 Å². The topological polar surface area (TPSA) is 45.8 Å². The number of benzene rings is 2. The molecule has 4 rings (SSSR count). The summed E-state index contributed by atoms with van der Waals surface area (Å²) in [4.78, 5) is 21.9. The lowest BCUT2D eigenvalue weighted by Crippen LogP contribution is -2.11. The maximum atomic E-state index is 13.4. The highest BCUT2D eigenvalue weighted by Gasteiger charge is 2.16. The smallest absolute Gasteiger partial charge is 0.260 e. The van der Waals surface area contributed by atoms with Crippen molar-refractivity contribution in [2.24, 2.45) is 0 Å². The number of nitrogens with one attached hydrogen (secondary N) is 1. The largest absolute Gasteiger partial charge is 0.310 e. The zero-order valence-corrected chi connectivity index (χ0v) is 14.4. The van der Waals surface area contributed by atoms with Crippen LogP contribution >= 0.6 is 11.3 Å². The molecule has 4 aromatic rings. The molecule has 0 fully saturated rings. The zero-order chi connectivity index (χ0) is 17.4. The summed E-state index contributed by atoms with van der Waals surface area (Å²) in [6, 6.07) is 16.2. The molecule has 0 bridgehead atoms. The molecule has 5 heteroatoms. The number of rotatable bonds is 3. The van der Waals surface area contributed by atoms with E-state index in [9.17, 15) is 9.18 Å². The van der Waals surface area contributed by atoms with E-state index in [1.54, 1.807) is 6.07 Å². The number of aromatic amines is 1. The summed E-state index contributed by atoms with van der Waals surface area (Å²) in [6.45, 7) is 2.00. The van der Waals surface area contributed by atoms with E-state index in [1.165, 1.54) is 23.5 Å². The van der Waals surface area contributed by atoms with Gasteiger partial charge in [-0.3, -0.25) is 4.79 Å². The number of H-pyrrole nitrogens is 1. The van der Waals surface area contributed by atoms with Crippen LogP contribution in [0.5, 0.6) is 0 Å². The van der Waals surface area contributed by atoms with Gasteiger partial charge in [0.2, 0.25) is 0 Å². The molecule has 0 atom stereocenters. The molecular formula is C20H15FN2OS. The fraction of sp³-hybridized carbons (Fsp3) is 0.100. The van der Waals surface area contributed by atoms with E-state index in [1.807, 2.05) is 43.3 Å². The van der Waals surface area contributed by atoms with Gasteiger partial charge in [-0.25, -0.2) is 9.37 Å². The summed E-state index contributed by atoms with van der Waals surface area (Å²) >= 11 is 1.51. The Balaban J connectivity index is 1.83. The third kappa shape index (κ3) is 2.98. The van der Waals surface area contributed by atoms with Crippen LogP contribution in [0, 0.1) is 12.7 Å². The molecular weight excluding hydrogens is 335 g/mol. The molecule has 124 valence electrons. The number of aryl methyl sites for hydroxylation is 1. The minimum Gasteiger partial charge on any atom is -0.310 e. The van der Waals surface area contributed by atoms with Crippen molar-refractivity contribution >= 4 is 21.6 Å². The number of thiophene rings is 1. The first-order chi connectivity index (χ1) is 12.1. The predicted octanol–water partition coefficient (Wildman–Crippen LogP) is 4.69. The Hall–Kier alpha value is -2.79. The van der Waals surface area contributed by atoms with Crippen molar-refractivity contribution < 1.29 is 4.39 Å². The third-order valence-electron chi connectivity index (χ3n) is 4.11. The van der Waals surface area contributed by atoms with Crippen LogP contribution in [-0.4, -0.2) is 9.97 Å². The van der Waals surface area contributed by atoms with Crippen molar-refractivity contribution in [3.8, 4) is 11.1 Å². The van der Waals surface area contributed by atoms with Crippen molar-refractivity contribution in [2.75, 3.05) is 0 Å². The molecule has 2 aromatic carbocycles. The van der Waals surface area contributed by atoms with Crippen LogP contribution in [0.4, 0.5) is 4.39 Å². The number of nitrogens with zero attached hydrogens (tertiary/aromatic N) is 1. The molecule has 0 aliphatic heterocycles. The number of hydrogen-bond donors (Lipinski definition) is 1. The average Bonchev–Trinajstić information content (AvgIpc) is 2.92. The second kappa shape index (κ2) is 6.26. The van der Waals surface area contributed by atoms with Crippen LogP contribution in [0.25, 0.3) is 21.3 Å². The Kier molecular flexibility index (Phi) is 3.93. The maximum absolute atomic E-state index is 13.4. The van der Waals surface area contributed by atoms with E-state index in [0.29, 0.717) is 22.5 Å². The molecule has 3 nitrogen and oxygen atoms in total. The first kappa shape index (κ1) is 15.7. The Bertz CT molecular complexity index is 1120. The molecule has 0 aliphatic rings. The monoisotopic (exact) mass is 350 g/mol. The van der Waals surface area contributed by atoms with Gasteiger partial charge in [-0.15, -0.1) is 11.3 Å². The van der Waals surface area contributed by atoms with Crippen molar-refractivity contribution in [3.05, 3.63) is 87.0 Å². The van der Waals surface area contributed by atoms with Gasteiger partial charge in [0.1, 0.15) is 16.5 Å². The van der Waals surface area contributed by atoms with Gasteiger partial charge in [0.25, 0.3) is 5.56 Å². The summed E-state index contributed by atoms with van der Waals surface area (Å²) in [6.07, 6.45) is 0.389. The first-order valence-electron chi connectivity index (χ1n) is 7.94. The molecule has 0 saturated carbocycles. The molecule has 0 saturated heterocycles. The Labute approximate surface area is 147 Å². The van der Waals surface area contributed by atoms with Crippen molar-refractivity contribution in [2.45, 2.75) is 13.3 Å². The Morgan fingerprint density at radius 2 is 1.92 bits per heavy atom. The van der Waals surface area contributed by atoms with Crippen LogP contribution in [-0.2, 0) is 6.42 Å². The fourth-order valence-electron chi connectivity index (χ4n) is 3.04. The Morgan fingerprint density at radius 3 is 2.68 bits per heavy atom. The number of hydrogen-bond acceptors (Lipinski definition) is 3. The van der Waals surface area contributed by atoms with Gasteiger partial charge in [-0.1, -0.05) is 42.5 Å². The second-order valence-corrected chi connectivity index (χ2v) is 7.10. The van der Waals surface area contributed by atoms with Crippen LogP contribution in [0.1, 0.15) is 16.3 Å². The third-order valence-corrected chi connectivity index (χ3v) is 5.11. The van der Waals surface area contributed by atoms with Crippen LogP contribution in [0.2, 0.25) is 0 Å². The lowest BCUT2D eigenvalue weighted by molar-refractivity contribution is 0.626. The minimum atomic E-state index is -0.292. The van der Waals surface area contributed by atoms with Gasteiger partial charge in [-0.2, -0.15) is 0 Å². The van der Waals surface area contributed by atoms with Crippen LogP contribution in [0.15, 0.2) is 59.4 Å². The molecule has 2 aromatic heterocycles. The molecule has 2 heterocycles. The highest BCUT2D eigenvalue weighted by molar-refractivity contribution is 7.19. The average molecular weight is 350 g/mol. The van der Waals surface area contributed by atoms with E-state index >= 15 is 0 Å². The van der Waals surface area contributed by atoms with Crippen molar-refractivity contribution in [1.82, 2.24) is 9.97 Å². The van der Waals surface area contributed by atoms with Crippen molar-refractivity contribution in [3.63, 3.8) is 0 Å². The normalized spacial score (nSPS) is 11.1. The molecule has 0 spiro atoms. The number of aromatic nitrogens is 2. The first-order valence-corrected chi connectivity index (χ1v) is 8.75. The molecule has 1 N–H and O–H groups in total. The zero-order valence-electron chi connectivity index (χ0n) is 13.5. The van der Waals surface area contributed by atoms with Gasteiger partial charge in [0.15, 0.2) is 0 Å². The predicted molar refractivity (Wildman–Crippen MR) is 99.6 cm³/mol. The highest BCUT2D eigenvalue weighted by atomic mass is 32.1. The molecule has 0 unspecified atom stereocenters. The highest BCUT2D eigenvalue weighted by Crippen LogP contribution is 2.35. The lowest BCUT2D eigenvalue weighted by Gasteiger charge is -2.03. The minimum absolute atomic E-state index is 0.153. The van der Waals surface area contributed by atoms with E-state index in [2.05, 4.69) is 9.97 Å². The standard InChI is InChI=1S/C20H15FN2OS/c1-12-17(14-7-3-2-4-8-14)18-19(24)22-16(23-20(18)25-12)11-13-6-5-9-15(21)10-13/h2-10H,11H2,1H3,(H,22,23,24). The lowest BCUT2D eigenvalue weighted by atomic mass is 10.0. The summed E-state index contributed by atoms with van der Waals surface area (Å²) < 4.78 is 13.4. The van der Waals surface area contributed by atoms with E-state index < -0.39 is 0 Å². The summed E-state index contributed by atoms with van der Waals surface area (Å²) in [5, 5.41) is 0.622. The second-order valence-electron chi connectivity index (χ2n) is 5.90. The molecule has 0 amide bonds. The van der Waals surface area contributed by atoms with Gasteiger partial charge >= 0.3 is 0 Å². The summed E-state index contributed by atoms with van der Waals surface area (Å²) in [5.74, 6) is 0.253. The van der Waals surface area contributed by atoms with E-state index in [4.69, 9.17) is 0 Å². The number of fused-ring (bicyclic) bond motifs is 1. The van der Waals surface area contributed by atoms with Crippen molar-refractivity contribution in [1.29, 1.82) is 0 Å². The fourth-order valence-corrected chi connectivity index (χ4v) is 4.10. The van der Waals surface area contributed by atoms with Crippen LogP contribution < -0.4 is 5.56 Å². The maximum Gasteiger partial charge on any atom is 0.260 e. The summed E-state index contributed by atoms with van der Waals surface area (Å²) in [7, 11) is 0. The molecule has 0 radical (unpaired) electrons. The quantitative estimate of drug-likeness (QED) is 0.583. The van der Waals surface area contributed by atoms with E-state index in [0.717, 1.165) is 21.6 Å². The SMILES string of the molecule is Cc1sc2nc(Cc3cccc(F)c3)[nH]c(=O)c2c1-c1ccccc1. The van der Waals surface area contributed by atoms with Gasteiger partial charge in [-0.05, 0) is 30.2 Å². The number of halogens is 1. The molecule has 25 heavy (non-hydrogen) atoms. The van der Waals surface area contributed by atoms with Gasteiger partial charge in [0.05, 0.1) is 5.39 Å². The van der Waals surface area contributed by atoms with Crippen LogP contribution in [0.3, 0.4) is 0 Å². The summed E-state index contributed by atoms with van der Waals surface area (Å²) in [5.41, 5.74) is 2.57.